The number of aryl methyl sites for hydroxylation is 1. The lowest BCUT2D eigenvalue weighted by Gasteiger charge is -2.30. The highest BCUT2D eigenvalue weighted by Crippen LogP contribution is 2.29. The third-order valence-corrected chi connectivity index (χ3v) is 6.03. The van der Waals surface area contributed by atoms with Crippen molar-refractivity contribution >= 4 is 10.9 Å². The third-order valence-electron chi connectivity index (χ3n) is 6.03. The number of aromatic amines is 1. The summed E-state index contributed by atoms with van der Waals surface area (Å²) in [5.74, 6) is 2.33. The molecule has 1 saturated heterocycles. The number of H-pyrrole nitrogens is 1. The minimum atomic E-state index is -0.0526. The topological polar surface area (TPSA) is 73.1 Å². The first-order valence-corrected chi connectivity index (χ1v) is 10.4. The zero-order chi connectivity index (χ0) is 21.1. The maximum absolute atomic E-state index is 12.3. The molecule has 0 amide bonds. The van der Waals surface area contributed by atoms with Gasteiger partial charge in [0.1, 0.15) is 39.3 Å². The van der Waals surface area contributed by atoms with Crippen LogP contribution in [0.15, 0.2) is 41.2 Å². The highest BCUT2D eigenvalue weighted by molar-refractivity contribution is 5.77. The molecule has 0 unspecified atom stereocenters. The number of hydrogen-bond acceptors (Lipinski definition) is 4. The number of quaternary nitrogens is 2. The number of hydrogen-bond donors (Lipinski definition) is 3. The van der Waals surface area contributed by atoms with Gasteiger partial charge in [0.25, 0.3) is 5.56 Å². The standard InChI is InChI=1S/C23H28N4O3/c1-16-12-20(29-2)21(30-3)13-17(16)14-26-8-10-27(11-9-26)15-22-24-19-7-5-4-6-18(19)23(28)25-22/h4-7,12-13H,8-11,14-15H2,1-3H3,(H,24,25,28)/p+2. The number of piperazine rings is 1. The van der Waals surface area contributed by atoms with Crippen molar-refractivity contribution in [2.75, 3.05) is 40.4 Å². The van der Waals surface area contributed by atoms with Gasteiger partial charge in [-0.2, -0.15) is 0 Å². The molecule has 1 aliphatic heterocycles. The summed E-state index contributed by atoms with van der Waals surface area (Å²) >= 11 is 0. The van der Waals surface area contributed by atoms with E-state index in [-0.39, 0.29) is 5.56 Å². The Morgan fingerprint density at radius 1 is 0.967 bits per heavy atom. The fourth-order valence-corrected chi connectivity index (χ4v) is 4.25. The van der Waals surface area contributed by atoms with Crippen molar-refractivity contribution in [2.45, 2.75) is 20.0 Å². The van der Waals surface area contributed by atoms with Crippen LogP contribution in [0.3, 0.4) is 0 Å². The predicted molar refractivity (Wildman–Crippen MR) is 115 cm³/mol. The van der Waals surface area contributed by atoms with Gasteiger partial charge in [-0.1, -0.05) is 12.1 Å². The van der Waals surface area contributed by atoms with Gasteiger partial charge < -0.3 is 24.3 Å². The number of nitrogens with one attached hydrogen (secondary N) is 3. The van der Waals surface area contributed by atoms with Gasteiger partial charge in [0.05, 0.1) is 25.1 Å². The Bertz CT molecular complexity index is 1090. The molecular formula is C23H30N4O3+2. The van der Waals surface area contributed by atoms with E-state index >= 15 is 0 Å². The third kappa shape index (κ3) is 4.32. The van der Waals surface area contributed by atoms with Crippen LogP contribution >= 0.6 is 0 Å². The maximum atomic E-state index is 12.3. The van der Waals surface area contributed by atoms with Gasteiger partial charge in [-0.25, -0.2) is 4.98 Å². The van der Waals surface area contributed by atoms with Crippen molar-refractivity contribution < 1.29 is 19.3 Å². The molecule has 3 aromatic rings. The van der Waals surface area contributed by atoms with Crippen molar-refractivity contribution in [3.63, 3.8) is 0 Å². The molecule has 7 heteroatoms. The van der Waals surface area contributed by atoms with Gasteiger partial charge in [-0.3, -0.25) is 4.79 Å². The molecule has 0 atom stereocenters. The van der Waals surface area contributed by atoms with E-state index in [0.29, 0.717) is 5.39 Å². The summed E-state index contributed by atoms with van der Waals surface area (Å²) in [4.78, 5) is 22.9. The van der Waals surface area contributed by atoms with Crippen LogP contribution in [0.2, 0.25) is 0 Å². The van der Waals surface area contributed by atoms with Crippen molar-refractivity contribution in [2.24, 2.45) is 0 Å². The quantitative estimate of drug-likeness (QED) is 0.523. The molecule has 1 aliphatic rings. The summed E-state index contributed by atoms with van der Waals surface area (Å²) in [6, 6.07) is 11.7. The molecule has 158 valence electrons. The highest BCUT2D eigenvalue weighted by Gasteiger charge is 2.25. The fourth-order valence-electron chi connectivity index (χ4n) is 4.25. The first kappa shape index (κ1) is 20.4. The number of methoxy groups -OCH3 is 2. The number of fused-ring (bicyclic) bond motifs is 1. The van der Waals surface area contributed by atoms with Crippen LogP contribution in [0.4, 0.5) is 0 Å². The van der Waals surface area contributed by atoms with Crippen LogP contribution in [0.1, 0.15) is 17.0 Å². The Morgan fingerprint density at radius 2 is 1.60 bits per heavy atom. The Balaban J connectivity index is 1.38. The Labute approximate surface area is 176 Å². The molecule has 3 N–H and O–H groups in total. The zero-order valence-corrected chi connectivity index (χ0v) is 17.9. The fraction of sp³-hybridized carbons (Fsp3) is 0.391. The van der Waals surface area contributed by atoms with Gasteiger partial charge in [-0.15, -0.1) is 0 Å². The molecule has 0 radical (unpaired) electrons. The minimum Gasteiger partial charge on any atom is -0.493 e. The summed E-state index contributed by atoms with van der Waals surface area (Å²) in [7, 11) is 3.35. The molecule has 0 spiro atoms. The number of nitrogens with zero attached hydrogens (tertiary/aromatic N) is 1. The molecule has 0 bridgehead atoms. The van der Waals surface area contributed by atoms with Gasteiger partial charge in [0, 0.05) is 5.56 Å². The van der Waals surface area contributed by atoms with E-state index in [4.69, 9.17) is 9.47 Å². The highest BCUT2D eigenvalue weighted by atomic mass is 16.5. The predicted octanol–water partition coefficient (Wildman–Crippen LogP) is -0.268. The van der Waals surface area contributed by atoms with E-state index in [1.165, 1.54) is 16.0 Å². The number of para-hydroxylation sites is 1. The van der Waals surface area contributed by atoms with Crippen molar-refractivity contribution in [1.82, 2.24) is 9.97 Å². The SMILES string of the molecule is COc1cc(C)c(C[NH+]2CC[NH+](Cc3nc4ccccc4c(=O)[nH]3)CC2)cc1OC. The van der Waals surface area contributed by atoms with E-state index in [2.05, 4.69) is 29.0 Å². The van der Waals surface area contributed by atoms with Gasteiger partial charge >= 0.3 is 0 Å². The Morgan fingerprint density at radius 3 is 2.30 bits per heavy atom. The molecule has 2 heterocycles. The molecule has 1 aromatic heterocycles. The van der Waals surface area contributed by atoms with E-state index in [9.17, 15) is 4.79 Å². The summed E-state index contributed by atoms with van der Waals surface area (Å²) in [6.45, 7) is 8.13. The van der Waals surface area contributed by atoms with Crippen molar-refractivity contribution in [3.05, 3.63) is 63.7 Å². The summed E-state index contributed by atoms with van der Waals surface area (Å²) in [5, 5.41) is 0.649. The monoisotopic (exact) mass is 410 g/mol. The van der Waals surface area contributed by atoms with Crippen LogP contribution in [-0.4, -0.2) is 50.4 Å². The average molecular weight is 411 g/mol. The Kier molecular flexibility index (Phi) is 6.01. The first-order chi connectivity index (χ1) is 14.6. The van der Waals surface area contributed by atoms with E-state index in [0.717, 1.165) is 62.1 Å². The van der Waals surface area contributed by atoms with Crippen LogP contribution in [0, 0.1) is 6.92 Å². The lowest BCUT2D eigenvalue weighted by atomic mass is 10.1. The van der Waals surface area contributed by atoms with E-state index in [1.54, 1.807) is 19.1 Å². The molecule has 1 fully saturated rings. The van der Waals surface area contributed by atoms with Crippen LogP contribution in [-0.2, 0) is 13.1 Å². The minimum absolute atomic E-state index is 0.0526. The number of aromatic nitrogens is 2. The number of benzene rings is 2. The van der Waals surface area contributed by atoms with E-state index < -0.39 is 0 Å². The molecular weight excluding hydrogens is 380 g/mol. The second-order valence-electron chi connectivity index (χ2n) is 8.02. The first-order valence-electron chi connectivity index (χ1n) is 10.4. The normalized spacial score (nSPS) is 19.0. The van der Waals surface area contributed by atoms with Crippen molar-refractivity contribution in [3.8, 4) is 11.5 Å². The molecule has 2 aromatic carbocycles. The number of ether oxygens (including phenoxy) is 2. The smallest absolute Gasteiger partial charge is 0.258 e. The Hall–Kier alpha value is -2.90. The molecule has 0 aliphatic carbocycles. The van der Waals surface area contributed by atoms with Crippen molar-refractivity contribution in [1.29, 1.82) is 0 Å². The maximum Gasteiger partial charge on any atom is 0.258 e. The van der Waals surface area contributed by atoms with E-state index in [1.807, 2.05) is 24.3 Å². The van der Waals surface area contributed by atoms with Gasteiger partial charge in [-0.05, 0) is 36.8 Å². The van der Waals surface area contributed by atoms with Gasteiger partial charge in [0.15, 0.2) is 17.3 Å². The lowest BCUT2D eigenvalue weighted by Crippen LogP contribution is -3.27. The van der Waals surface area contributed by atoms with Crippen LogP contribution in [0.5, 0.6) is 11.5 Å². The number of rotatable bonds is 6. The molecule has 7 nitrogen and oxygen atoms in total. The van der Waals surface area contributed by atoms with Crippen LogP contribution in [0.25, 0.3) is 10.9 Å². The second kappa shape index (κ2) is 8.85. The largest absolute Gasteiger partial charge is 0.493 e. The molecule has 30 heavy (non-hydrogen) atoms. The summed E-state index contributed by atoms with van der Waals surface area (Å²) < 4.78 is 10.9. The average Bonchev–Trinajstić information content (AvgIpc) is 2.76. The molecule has 4 rings (SSSR count). The lowest BCUT2D eigenvalue weighted by molar-refractivity contribution is -1.02. The zero-order valence-electron chi connectivity index (χ0n) is 17.9. The van der Waals surface area contributed by atoms with Gasteiger partial charge in [0.2, 0.25) is 0 Å². The van der Waals surface area contributed by atoms with Crippen LogP contribution < -0.4 is 24.8 Å². The summed E-state index contributed by atoms with van der Waals surface area (Å²) in [5.41, 5.74) is 3.24. The second-order valence-corrected chi connectivity index (χ2v) is 8.02. The summed E-state index contributed by atoms with van der Waals surface area (Å²) in [6.07, 6.45) is 0. The molecule has 0 saturated carbocycles.